The Labute approximate surface area is 171 Å². The van der Waals surface area contributed by atoms with Crippen molar-refractivity contribution in [1.82, 2.24) is 4.90 Å². The molecule has 1 aliphatic carbocycles. The zero-order valence-corrected chi connectivity index (χ0v) is 17.1. The highest BCUT2D eigenvalue weighted by Crippen LogP contribution is 2.58. The van der Waals surface area contributed by atoms with Crippen LogP contribution in [-0.2, 0) is 18.4 Å². The number of hydrogen-bond acceptors (Lipinski definition) is 5. The van der Waals surface area contributed by atoms with Crippen molar-refractivity contribution in [2.75, 3.05) is 27.6 Å². The van der Waals surface area contributed by atoms with Crippen molar-refractivity contribution in [1.29, 1.82) is 0 Å². The molecule has 0 N–H and O–H groups in total. The summed E-state index contributed by atoms with van der Waals surface area (Å²) in [5.74, 6) is 3.57. The molecule has 29 heavy (non-hydrogen) atoms. The van der Waals surface area contributed by atoms with Gasteiger partial charge in [0.25, 0.3) is 0 Å². The molecule has 4 aliphatic rings. The largest absolute Gasteiger partial charge is 0.493 e. The molecule has 0 saturated heterocycles. The van der Waals surface area contributed by atoms with Crippen LogP contribution in [0.3, 0.4) is 0 Å². The molecule has 5 heteroatoms. The summed E-state index contributed by atoms with van der Waals surface area (Å²) in [6.45, 7) is 1.40. The van der Waals surface area contributed by atoms with Crippen molar-refractivity contribution in [2.24, 2.45) is 0 Å². The summed E-state index contributed by atoms with van der Waals surface area (Å²) in [6, 6.07) is 9.15. The van der Waals surface area contributed by atoms with Gasteiger partial charge in [-0.3, -0.25) is 4.90 Å². The van der Waals surface area contributed by atoms with Crippen LogP contribution in [0.4, 0.5) is 0 Å². The Balaban J connectivity index is 1.55. The second kappa shape index (κ2) is 6.30. The molecular formula is C24H27NO4. The first-order chi connectivity index (χ1) is 14.2. The van der Waals surface area contributed by atoms with E-state index in [4.69, 9.17) is 18.9 Å². The van der Waals surface area contributed by atoms with Crippen LogP contribution in [0.5, 0.6) is 23.0 Å². The molecule has 2 aromatic rings. The normalized spacial score (nSPS) is 23.4. The lowest BCUT2D eigenvalue weighted by molar-refractivity contribution is 0.0185. The predicted molar refractivity (Wildman–Crippen MR) is 109 cm³/mol. The van der Waals surface area contributed by atoms with Crippen molar-refractivity contribution < 1.29 is 18.9 Å². The third-order valence-corrected chi connectivity index (χ3v) is 7.48. The van der Waals surface area contributed by atoms with E-state index in [2.05, 4.69) is 29.2 Å². The van der Waals surface area contributed by atoms with E-state index < -0.39 is 0 Å². The summed E-state index contributed by atoms with van der Waals surface area (Å²) in [6.07, 6.45) is 6.92. The SMILES string of the molecule is COc1ccc2c(c1OC)C1(CCCC1)N1CCc3cc4c(cc3C1C2)OCO4. The Morgan fingerprint density at radius 3 is 2.55 bits per heavy atom. The molecule has 1 unspecified atom stereocenters. The average Bonchev–Trinajstić information content (AvgIpc) is 3.41. The summed E-state index contributed by atoms with van der Waals surface area (Å²) >= 11 is 0. The first kappa shape index (κ1) is 17.5. The monoisotopic (exact) mass is 393 g/mol. The summed E-state index contributed by atoms with van der Waals surface area (Å²) in [5, 5.41) is 0. The van der Waals surface area contributed by atoms with E-state index in [-0.39, 0.29) is 5.54 Å². The van der Waals surface area contributed by atoms with E-state index in [1.165, 1.54) is 47.9 Å². The van der Waals surface area contributed by atoms with Crippen LogP contribution in [0.15, 0.2) is 24.3 Å². The second-order valence-corrected chi connectivity index (χ2v) is 8.64. The van der Waals surface area contributed by atoms with Gasteiger partial charge in [-0.25, -0.2) is 0 Å². The zero-order valence-electron chi connectivity index (χ0n) is 17.1. The first-order valence-corrected chi connectivity index (χ1v) is 10.7. The van der Waals surface area contributed by atoms with Gasteiger partial charge in [0.2, 0.25) is 6.79 Å². The molecule has 152 valence electrons. The van der Waals surface area contributed by atoms with Crippen LogP contribution in [0, 0.1) is 0 Å². The van der Waals surface area contributed by atoms with Crippen LogP contribution in [0.1, 0.15) is 54.0 Å². The molecule has 1 saturated carbocycles. The molecule has 2 aromatic carbocycles. The number of benzene rings is 2. The Morgan fingerprint density at radius 1 is 1.00 bits per heavy atom. The Hall–Kier alpha value is -2.40. The van der Waals surface area contributed by atoms with Gasteiger partial charge in [-0.2, -0.15) is 0 Å². The minimum Gasteiger partial charge on any atom is -0.493 e. The van der Waals surface area contributed by atoms with E-state index in [1.807, 2.05) is 0 Å². The number of hydrogen-bond donors (Lipinski definition) is 0. The predicted octanol–water partition coefficient (Wildman–Crippen LogP) is 4.36. The molecule has 6 rings (SSSR count). The number of ether oxygens (including phenoxy) is 4. The lowest BCUT2D eigenvalue weighted by Gasteiger charge is -2.53. The van der Waals surface area contributed by atoms with Gasteiger partial charge in [-0.1, -0.05) is 18.9 Å². The van der Waals surface area contributed by atoms with Crippen molar-refractivity contribution in [3.05, 3.63) is 46.5 Å². The fourth-order valence-corrected chi connectivity index (χ4v) is 6.32. The van der Waals surface area contributed by atoms with E-state index in [9.17, 15) is 0 Å². The highest BCUT2D eigenvalue weighted by molar-refractivity contribution is 5.58. The number of methoxy groups -OCH3 is 2. The minimum atomic E-state index is 0.0339. The molecule has 0 bridgehead atoms. The van der Waals surface area contributed by atoms with Gasteiger partial charge in [0.15, 0.2) is 23.0 Å². The third-order valence-electron chi connectivity index (χ3n) is 7.48. The van der Waals surface area contributed by atoms with Gasteiger partial charge in [0, 0.05) is 18.2 Å². The van der Waals surface area contributed by atoms with Crippen LogP contribution >= 0.6 is 0 Å². The van der Waals surface area contributed by atoms with Crippen molar-refractivity contribution in [3.8, 4) is 23.0 Å². The minimum absolute atomic E-state index is 0.0339. The first-order valence-electron chi connectivity index (χ1n) is 10.7. The number of nitrogens with zero attached hydrogens (tertiary/aromatic N) is 1. The lowest BCUT2D eigenvalue weighted by Crippen LogP contribution is -2.53. The molecule has 1 spiro atoms. The standard InChI is InChI=1S/C24H27NO4/c1-26-19-6-5-16-11-18-17-13-21-20(28-14-29-21)12-15(17)7-10-25(18)24(8-3-4-9-24)22(16)23(19)27-2/h5-6,12-13,18H,3-4,7-11,14H2,1-2H3. The van der Waals surface area contributed by atoms with Crippen LogP contribution in [0.25, 0.3) is 0 Å². The van der Waals surface area contributed by atoms with Gasteiger partial charge >= 0.3 is 0 Å². The molecule has 0 radical (unpaired) electrons. The molecule has 0 amide bonds. The highest BCUT2D eigenvalue weighted by Gasteiger charge is 2.52. The van der Waals surface area contributed by atoms with E-state index in [0.29, 0.717) is 12.8 Å². The van der Waals surface area contributed by atoms with Crippen molar-refractivity contribution in [3.63, 3.8) is 0 Å². The summed E-state index contributed by atoms with van der Waals surface area (Å²) in [5.41, 5.74) is 5.63. The molecule has 5 nitrogen and oxygen atoms in total. The lowest BCUT2D eigenvalue weighted by atomic mass is 9.72. The van der Waals surface area contributed by atoms with Gasteiger partial charge in [0.05, 0.1) is 19.8 Å². The molecular weight excluding hydrogens is 366 g/mol. The molecule has 1 fully saturated rings. The Kier molecular flexibility index (Phi) is 3.79. The van der Waals surface area contributed by atoms with Crippen molar-refractivity contribution in [2.45, 2.75) is 50.1 Å². The van der Waals surface area contributed by atoms with Gasteiger partial charge in [-0.15, -0.1) is 0 Å². The van der Waals surface area contributed by atoms with E-state index in [1.54, 1.807) is 14.2 Å². The van der Waals surface area contributed by atoms with Crippen LogP contribution in [0.2, 0.25) is 0 Å². The molecule has 3 aliphatic heterocycles. The van der Waals surface area contributed by atoms with Gasteiger partial charge in [0.1, 0.15) is 0 Å². The van der Waals surface area contributed by atoms with Gasteiger partial charge < -0.3 is 18.9 Å². The quantitative estimate of drug-likeness (QED) is 0.758. The zero-order chi connectivity index (χ0) is 19.6. The number of fused-ring (bicyclic) bond motifs is 7. The topological polar surface area (TPSA) is 40.2 Å². The average molecular weight is 393 g/mol. The smallest absolute Gasteiger partial charge is 0.231 e. The Bertz CT molecular complexity index is 979. The highest BCUT2D eigenvalue weighted by atomic mass is 16.7. The number of rotatable bonds is 2. The fourth-order valence-electron chi connectivity index (χ4n) is 6.32. The maximum atomic E-state index is 5.94. The van der Waals surface area contributed by atoms with E-state index >= 15 is 0 Å². The van der Waals surface area contributed by atoms with Crippen molar-refractivity contribution >= 4 is 0 Å². The summed E-state index contributed by atoms with van der Waals surface area (Å²) < 4.78 is 23.0. The molecule has 1 atom stereocenters. The maximum Gasteiger partial charge on any atom is 0.231 e. The third kappa shape index (κ3) is 2.31. The van der Waals surface area contributed by atoms with Gasteiger partial charge in [-0.05, 0) is 60.6 Å². The second-order valence-electron chi connectivity index (χ2n) is 8.64. The summed E-state index contributed by atoms with van der Waals surface area (Å²) in [4.78, 5) is 2.77. The molecule has 0 aromatic heterocycles. The maximum absolute atomic E-state index is 5.94. The van der Waals surface area contributed by atoms with E-state index in [0.717, 1.165) is 42.4 Å². The molecule has 3 heterocycles. The Morgan fingerprint density at radius 2 is 1.79 bits per heavy atom. The van der Waals surface area contributed by atoms with Crippen LogP contribution < -0.4 is 18.9 Å². The van der Waals surface area contributed by atoms with Crippen LogP contribution in [-0.4, -0.2) is 32.5 Å². The fraction of sp³-hybridized carbons (Fsp3) is 0.500. The summed E-state index contributed by atoms with van der Waals surface area (Å²) in [7, 11) is 3.51.